The van der Waals surface area contributed by atoms with Crippen molar-refractivity contribution in [3.05, 3.63) is 34.1 Å². The van der Waals surface area contributed by atoms with E-state index in [0.717, 1.165) is 5.56 Å². The van der Waals surface area contributed by atoms with Gasteiger partial charge in [-0.1, -0.05) is 19.9 Å². The van der Waals surface area contributed by atoms with Crippen LogP contribution in [-0.4, -0.2) is 6.04 Å². The summed E-state index contributed by atoms with van der Waals surface area (Å²) in [6, 6.07) is 5.41. The molecule has 76 valence electrons. The average Bonchev–Trinajstić information content (AvgIpc) is 2.58. The lowest BCUT2D eigenvalue weighted by Crippen LogP contribution is -2.06. The highest BCUT2D eigenvalue weighted by atomic mass is 79.9. The topological polar surface area (TPSA) is 26.0 Å². The molecular weight excluding hydrogens is 245 g/mol. The molecule has 1 aliphatic rings. The zero-order chi connectivity index (χ0) is 10.5. The van der Waals surface area contributed by atoms with Gasteiger partial charge in [0.15, 0.2) is 0 Å². The molecule has 0 spiro atoms. The maximum atomic E-state index is 13.3. The van der Waals surface area contributed by atoms with E-state index >= 15 is 0 Å². The summed E-state index contributed by atoms with van der Waals surface area (Å²) < 4.78 is 13.8. The second-order valence-electron chi connectivity index (χ2n) is 4.50. The maximum absolute atomic E-state index is 13.3. The molecule has 3 heteroatoms. The van der Waals surface area contributed by atoms with Gasteiger partial charge < -0.3 is 5.73 Å². The highest BCUT2D eigenvalue weighted by Gasteiger charge is 2.56. The molecule has 2 unspecified atom stereocenters. The first-order valence-electron chi connectivity index (χ1n) is 4.65. The van der Waals surface area contributed by atoms with Crippen LogP contribution in [0.5, 0.6) is 0 Å². The van der Waals surface area contributed by atoms with Crippen LogP contribution in [0.1, 0.15) is 25.3 Å². The van der Waals surface area contributed by atoms with Crippen LogP contribution in [0.3, 0.4) is 0 Å². The largest absolute Gasteiger partial charge is 0.327 e. The fourth-order valence-electron chi connectivity index (χ4n) is 2.02. The lowest BCUT2D eigenvalue weighted by Gasteiger charge is -2.03. The van der Waals surface area contributed by atoms with E-state index in [1.54, 1.807) is 12.1 Å². The first-order chi connectivity index (χ1) is 6.44. The molecule has 0 amide bonds. The molecule has 0 aromatic heterocycles. The minimum atomic E-state index is -0.211. The monoisotopic (exact) mass is 257 g/mol. The van der Waals surface area contributed by atoms with Crippen molar-refractivity contribution >= 4 is 15.9 Å². The first kappa shape index (κ1) is 10.1. The van der Waals surface area contributed by atoms with Gasteiger partial charge in [-0.15, -0.1) is 0 Å². The molecule has 0 aliphatic heterocycles. The van der Waals surface area contributed by atoms with Gasteiger partial charge in [-0.3, -0.25) is 0 Å². The van der Waals surface area contributed by atoms with Gasteiger partial charge in [0.25, 0.3) is 0 Å². The Bertz CT molecular complexity index is 376. The molecule has 2 atom stereocenters. The third-order valence-electron chi connectivity index (χ3n) is 3.21. The number of benzene rings is 1. The minimum Gasteiger partial charge on any atom is -0.327 e. The van der Waals surface area contributed by atoms with Crippen molar-refractivity contribution in [3.8, 4) is 0 Å². The highest BCUT2D eigenvalue weighted by Crippen LogP contribution is 2.57. The second kappa shape index (κ2) is 3.04. The fourth-order valence-corrected chi connectivity index (χ4v) is 2.27. The summed E-state index contributed by atoms with van der Waals surface area (Å²) in [5, 5.41) is 0. The van der Waals surface area contributed by atoms with Crippen LogP contribution in [0, 0.1) is 11.2 Å². The Morgan fingerprint density at radius 2 is 2.00 bits per heavy atom. The number of hydrogen-bond acceptors (Lipinski definition) is 1. The number of nitrogens with two attached hydrogens (primary N) is 1. The van der Waals surface area contributed by atoms with Crippen molar-refractivity contribution in [2.24, 2.45) is 11.1 Å². The van der Waals surface area contributed by atoms with E-state index in [2.05, 4.69) is 29.8 Å². The quantitative estimate of drug-likeness (QED) is 0.823. The van der Waals surface area contributed by atoms with E-state index in [1.807, 2.05) is 6.07 Å². The number of hydrogen-bond donors (Lipinski definition) is 1. The normalized spacial score (nSPS) is 28.9. The third kappa shape index (κ3) is 1.39. The van der Waals surface area contributed by atoms with Gasteiger partial charge in [-0.25, -0.2) is 4.39 Å². The zero-order valence-corrected chi connectivity index (χ0v) is 9.81. The molecule has 1 aliphatic carbocycles. The molecule has 0 radical (unpaired) electrons. The summed E-state index contributed by atoms with van der Waals surface area (Å²) in [5.74, 6) is 0.0856. The Morgan fingerprint density at radius 3 is 2.43 bits per heavy atom. The summed E-state index contributed by atoms with van der Waals surface area (Å²) in [5.41, 5.74) is 7.04. The summed E-state index contributed by atoms with van der Waals surface area (Å²) in [6.45, 7) is 4.23. The van der Waals surface area contributed by atoms with E-state index in [0.29, 0.717) is 10.4 Å². The molecule has 0 saturated heterocycles. The van der Waals surface area contributed by atoms with Crippen molar-refractivity contribution in [3.63, 3.8) is 0 Å². The molecule has 1 nitrogen and oxygen atoms in total. The van der Waals surface area contributed by atoms with Gasteiger partial charge in [0.05, 0.1) is 4.47 Å². The van der Waals surface area contributed by atoms with Gasteiger partial charge >= 0.3 is 0 Å². The van der Waals surface area contributed by atoms with E-state index in [-0.39, 0.29) is 17.3 Å². The van der Waals surface area contributed by atoms with Gasteiger partial charge in [-0.2, -0.15) is 0 Å². The smallest absolute Gasteiger partial charge is 0.137 e. The average molecular weight is 258 g/mol. The fraction of sp³-hybridized carbons (Fsp3) is 0.455. The molecule has 1 fully saturated rings. The van der Waals surface area contributed by atoms with Gasteiger partial charge in [-0.05, 0) is 39.0 Å². The van der Waals surface area contributed by atoms with E-state index < -0.39 is 0 Å². The predicted molar refractivity (Wildman–Crippen MR) is 58.6 cm³/mol. The van der Waals surface area contributed by atoms with Crippen LogP contribution in [-0.2, 0) is 0 Å². The van der Waals surface area contributed by atoms with Crippen molar-refractivity contribution in [2.75, 3.05) is 0 Å². The summed E-state index contributed by atoms with van der Waals surface area (Å²) in [4.78, 5) is 0. The van der Waals surface area contributed by atoms with Crippen molar-refractivity contribution < 1.29 is 4.39 Å². The molecule has 1 saturated carbocycles. The molecule has 2 N–H and O–H groups in total. The van der Waals surface area contributed by atoms with Gasteiger partial charge in [0.1, 0.15) is 5.82 Å². The molecule has 0 bridgehead atoms. The summed E-state index contributed by atoms with van der Waals surface area (Å²) in [6.07, 6.45) is 0. The standard InChI is InChI=1S/C11H13BrFN/c1-11(2)9(10(11)14)6-3-4-7(12)8(13)5-6/h3-5,9-10H,14H2,1-2H3. The Morgan fingerprint density at radius 1 is 1.43 bits per heavy atom. The van der Waals surface area contributed by atoms with E-state index in [9.17, 15) is 4.39 Å². The Kier molecular flexibility index (Phi) is 2.20. The van der Waals surface area contributed by atoms with Crippen LogP contribution in [0.2, 0.25) is 0 Å². The predicted octanol–water partition coefficient (Wildman–Crippen LogP) is 3.04. The second-order valence-corrected chi connectivity index (χ2v) is 5.35. The minimum absolute atomic E-state index is 0.111. The molecule has 1 aromatic carbocycles. The van der Waals surface area contributed by atoms with Crippen LogP contribution in [0.4, 0.5) is 4.39 Å². The molecule has 14 heavy (non-hydrogen) atoms. The highest BCUT2D eigenvalue weighted by molar-refractivity contribution is 9.10. The van der Waals surface area contributed by atoms with Crippen LogP contribution < -0.4 is 5.73 Å². The number of halogens is 2. The summed E-state index contributed by atoms with van der Waals surface area (Å²) in [7, 11) is 0. The van der Waals surface area contributed by atoms with Crippen molar-refractivity contribution in [1.82, 2.24) is 0 Å². The molecule has 0 heterocycles. The molecule has 2 rings (SSSR count). The lowest BCUT2D eigenvalue weighted by atomic mass is 10.0. The van der Waals surface area contributed by atoms with Crippen LogP contribution in [0.25, 0.3) is 0 Å². The van der Waals surface area contributed by atoms with Crippen LogP contribution >= 0.6 is 15.9 Å². The molecule has 1 aromatic rings. The van der Waals surface area contributed by atoms with E-state index in [1.165, 1.54) is 0 Å². The SMILES string of the molecule is CC1(C)C(N)C1c1ccc(Br)c(F)c1. The van der Waals surface area contributed by atoms with Crippen molar-refractivity contribution in [2.45, 2.75) is 25.8 Å². The third-order valence-corrected chi connectivity index (χ3v) is 3.86. The molecular formula is C11H13BrFN. The Balaban J connectivity index is 2.32. The maximum Gasteiger partial charge on any atom is 0.137 e. The number of rotatable bonds is 1. The van der Waals surface area contributed by atoms with Crippen LogP contribution in [0.15, 0.2) is 22.7 Å². The zero-order valence-electron chi connectivity index (χ0n) is 8.22. The van der Waals surface area contributed by atoms with E-state index in [4.69, 9.17) is 5.73 Å². The first-order valence-corrected chi connectivity index (χ1v) is 5.44. The van der Waals surface area contributed by atoms with Crippen molar-refractivity contribution in [1.29, 1.82) is 0 Å². The Hall–Kier alpha value is -0.410. The summed E-state index contributed by atoms with van der Waals surface area (Å²) >= 11 is 3.14. The Labute approximate surface area is 91.6 Å². The lowest BCUT2D eigenvalue weighted by molar-refractivity contribution is 0.593. The van der Waals surface area contributed by atoms with Gasteiger partial charge in [0, 0.05) is 12.0 Å². The van der Waals surface area contributed by atoms with Gasteiger partial charge in [0.2, 0.25) is 0 Å².